The minimum absolute atomic E-state index is 0.0972. The average molecular weight is 282 g/mol. The Hall–Kier alpha value is -1.62. The highest BCUT2D eigenvalue weighted by molar-refractivity contribution is 5.81. The zero-order valence-electron chi connectivity index (χ0n) is 11.9. The van der Waals surface area contributed by atoms with Gasteiger partial charge in [0.25, 0.3) is 0 Å². The summed E-state index contributed by atoms with van der Waals surface area (Å²) in [4.78, 5) is 21.2. The van der Waals surface area contributed by atoms with Gasteiger partial charge in [0.1, 0.15) is 18.3 Å². The van der Waals surface area contributed by atoms with Crippen molar-refractivity contribution < 1.29 is 23.8 Å². The molecule has 5 nitrogen and oxygen atoms in total. The van der Waals surface area contributed by atoms with Crippen LogP contribution in [0.25, 0.3) is 0 Å². The Kier molecular flexibility index (Phi) is 6.45. The molecule has 0 N–H and O–H groups in total. The monoisotopic (exact) mass is 282 g/mol. The molecule has 1 heterocycles. The minimum Gasteiger partial charge on any atom is -0.460 e. The predicted molar refractivity (Wildman–Crippen MR) is 74.1 cm³/mol. The van der Waals surface area contributed by atoms with Gasteiger partial charge in [-0.15, -0.1) is 0 Å². The number of carbonyl (C=O) groups is 2. The molecule has 1 aliphatic heterocycles. The lowest BCUT2D eigenvalue weighted by atomic mass is 10.2. The lowest BCUT2D eigenvalue weighted by molar-refractivity contribution is -0.145. The largest absolute Gasteiger partial charge is 0.460 e. The van der Waals surface area contributed by atoms with Crippen molar-refractivity contribution in [3.8, 4) is 0 Å². The van der Waals surface area contributed by atoms with Crippen LogP contribution in [0.15, 0.2) is 25.3 Å². The van der Waals surface area contributed by atoms with Gasteiger partial charge in [0.15, 0.2) is 0 Å². The quantitative estimate of drug-likeness (QED) is 0.407. The fourth-order valence-corrected chi connectivity index (χ4v) is 1.65. The van der Waals surface area contributed by atoms with Crippen LogP contribution in [-0.4, -0.2) is 36.9 Å². The van der Waals surface area contributed by atoms with Crippen molar-refractivity contribution in [2.24, 2.45) is 0 Å². The van der Waals surface area contributed by atoms with Crippen molar-refractivity contribution in [1.82, 2.24) is 0 Å². The van der Waals surface area contributed by atoms with E-state index in [1.807, 2.05) is 0 Å². The summed E-state index contributed by atoms with van der Waals surface area (Å²) in [5.41, 5.74) is -0.0972. The van der Waals surface area contributed by atoms with Crippen LogP contribution in [0.2, 0.25) is 0 Å². The summed E-state index contributed by atoms with van der Waals surface area (Å²) in [6, 6.07) is 0. The lowest BCUT2D eigenvalue weighted by Crippen LogP contribution is -2.17. The Morgan fingerprint density at radius 3 is 2.30 bits per heavy atom. The second-order valence-corrected chi connectivity index (χ2v) is 4.85. The molecule has 1 unspecified atom stereocenters. The molecule has 0 radical (unpaired) electrons. The normalized spacial score (nSPS) is 20.8. The Morgan fingerprint density at radius 2 is 1.90 bits per heavy atom. The molecule has 1 saturated carbocycles. The molecule has 0 aromatic rings. The fraction of sp³-hybridized carbons (Fsp3) is 0.600. The maximum absolute atomic E-state index is 10.8. The second kappa shape index (κ2) is 7.85. The first-order valence-corrected chi connectivity index (χ1v) is 6.81. The van der Waals surface area contributed by atoms with E-state index in [2.05, 4.69) is 24.8 Å². The van der Waals surface area contributed by atoms with Crippen LogP contribution in [-0.2, 0) is 23.8 Å². The van der Waals surface area contributed by atoms with Crippen LogP contribution in [0.5, 0.6) is 0 Å². The van der Waals surface area contributed by atoms with Gasteiger partial charge in [-0.3, -0.25) is 0 Å². The molecule has 20 heavy (non-hydrogen) atoms. The molecule has 2 fully saturated rings. The van der Waals surface area contributed by atoms with Gasteiger partial charge in [-0.1, -0.05) is 26.5 Å². The highest BCUT2D eigenvalue weighted by Gasteiger charge is 2.45. The summed E-state index contributed by atoms with van der Waals surface area (Å²) >= 11 is 0. The van der Waals surface area contributed by atoms with E-state index >= 15 is 0 Å². The average Bonchev–Trinajstić information content (AvgIpc) is 3.34. The Bertz CT molecular complexity index is 366. The molecule has 1 atom stereocenters. The molecule has 0 aromatic heterocycles. The predicted octanol–water partition coefficient (Wildman–Crippen LogP) is 2.16. The molecule has 0 spiro atoms. The van der Waals surface area contributed by atoms with E-state index in [-0.39, 0.29) is 23.6 Å². The standard InChI is InChI=1S/C9H14O2.C6H8O3/c1-3-5-9(6-7-9)11-8(10)4-2;1-2-6(7)9-4-5-3-8-5/h4H,2-3,5-7H2,1H3;2,5H,1,3-4H2. The summed E-state index contributed by atoms with van der Waals surface area (Å²) in [6.07, 6.45) is 6.64. The molecule has 1 aliphatic carbocycles. The van der Waals surface area contributed by atoms with Crippen LogP contribution in [0.3, 0.4) is 0 Å². The summed E-state index contributed by atoms with van der Waals surface area (Å²) < 4.78 is 14.6. The van der Waals surface area contributed by atoms with Crippen molar-refractivity contribution in [3.63, 3.8) is 0 Å². The van der Waals surface area contributed by atoms with Gasteiger partial charge in [-0.25, -0.2) is 9.59 Å². The van der Waals surface area contributed by atoms with E-state index in [0.717, 1.165) is 31.8 Å². The zero-order valence-corrected chi connectivity index (χ0v) is 11.9. The summed E-state index contributed by atoms with van der Waals surface area (Å²) in [5, 5.41) is 0. The molecule has 1 saturated heterocycles. The first-order chi connectivity index (χ1) is 9.55. The van der Waals surface area contributed by atoms with E-state index in [1.54, 1.807) is 0 Å². The van der Waals surface area contributed by atoms with Crippen molar-refractivity contribution in [2.75, 3.05) is 13.2 Å². The number of esters is 2. The lowest BCUT2D eigenvalue weighted by Gasteiger charge is -2.13. The first kappa shape index (κ1) is 16.4. The van der Waals surface area contributed by atoms with Gasteiger partial charge in [-0.2, -0.15) is 0 Å². The highest BCUT2D eigenvalue weighted by atomic mass is 16.6. The Balaban J connectivity index is 0.000000204. The molecule has 0 amide bonds. The van der Waals surface area contributed by atoms with Crippen LogP contribution in [0.1, 0.15) is 32.6 Å². The molecule has 5 heteroatoms. The number of carbonyl (C=O) groups excluding carboxylic acids is 2. The molecule has 2 aliphatic rings. The maximum Gasteiger partial charge on any atom is 0.330 e. The van der Waals surface area contributed by atoms with Crippen LogP contribution in [0.4, 0.5) is 0 Å². The van der Waals surface area contributed by atoms with Gasteiger partial charge >= 0.3 is 11.9 Å². The van der Waals surface area contributed by atoms with Crippen molar-refractivity contribution in [3.05, 3.63) is 25.3 Å². The van der Waals surface area contributed by atoms with E-state index in [1.165, 1.54) is 6.08 Å². The third-order valence-corrected chi connectivity index (χ3v) is 2.98. The van der Waals surface area contributed by atoms with Gasteiger partial charge in [0, 0.05) is 12.2 Å². The Labute approximate surface area is 119 Å². The number of ether oxygens (including phenoxy) is 3. The summed E-state index contributed by atoms with van der Waals surface area (Å²) in [6.45, 7) is 9.78. The van der Waals surface area contributed by atoms with Crippen molar-refractivity contribution >= 4 is 11.9 Å². The molecule has 2 rings (SSSR count). The third-order valence-electron chi connectivity index (χ3n) is 2.98. The van der Waals surface area contributed by atoms with E-state index in [9.17, 15) is 9.59 Å². The highest BCUT2D eigenvalue weighted by Crippen LogP contribution is 2.43. The van der Waals surface area contributed by atoms with Gasteiger partial charge in [-0.05, 0) is 19.3 Å². The van der Waals surface area contributed by atoms with E-state index in [0.29, 0.717) is 13.2 Å². The van der Waals surface area contributed by atoms with Gasteiger partial charge in [0.05, 0.1) is 6.61 Å². The molecular weight excluding hydrogens is 260 g/mol. The first-order valence-electron chi connectivity index (χ1n) is 6.81. The van der Waals surface area contributed by atoms with Crippen molar-refractivity contribution in [2.45, 2.75) is 44.3 Å². The zero-order chi connectivity index (χ0) is 15.0. The van der Waals surface area contributed by atoms with Gasteiger partial charge < -0.3 is 14.2 Å². The minimum atomic E-state index is -0.384. The molecule has 0 aromatic carbocycles. The van der Waals surface area contributed by atoms with Gasteiger partial charge in [0.2, 0.25) is 0 Å². The second-order valence-electron chi connectivity index (χ2n) is 4.85. The Morgan fingerprint density at radius 1 is 1.30 bits per heavy atom. The number of hydrogen-bond donors (Lipinski definition) is 0. The maximum atomic E-state index is 10.8. The van der Waals surface area contributed by atoms with Crippen molar-refractivity contribution in [1.29, 1.82) is 0 Å². The van der Waals surface area contributed by atoms with Crippen LogP contribution < -0.4 is 0 Å². The smallest absolute Gasteiger partial charge is 0.330 e. The molecular formula is C15H22O5. The summed E-state index contributed by atoms with van der Waals surface area (Å²) in [5.74, 6) is -0.665. The van der Waals surface area contributed by atoms with Crippen LogP contribution >= 0.6 is 0 Å². The number of rotatable bonds is 7. The summed E-state index contributed by atoms with van der Waals surface area (Å²) in [7, 11) is 0. The fourth-order valence-electron chi connectivity index (χ4n) is 1.65. The molecule has 0 bridgehead atoms. The van der Waals surface area contributed by atoms with E-state index in [4.69, 9.17) is 9.47 Å². The topological polar surface area (TPSA) is 65.1 Å². The van der Waals surface area contributed by atoms with Crippen LogP contribution in [0, 0.1) is 0 Å². The third kappa shape index (κ3) is 6.52. The number of epoxide rings is 1. The SMILES string of the molecule is C=CC(=O)OC1(CCC)CC1.C=CC(=O)OCC1CO1. The number of hydrogen-bond acceptors (Lipinski definition) is 5. The molecule has 112 valence electrons. The van der Waals surface area contributed by atoms with E-state index < -0.39 is 0 Å².